The van der Waals surface area contributed by atoms with Gasteiger partial charge in [0.05, 0.1) is 18.7 Å². The third kappa shape index (κ3) is 3.11. The molecule has 2 heterocycles. The molecule has 2 aromatic carbocycles. The molecule has 0 unspecified atom stereocenters. The molecule has 0 radical (unpaired) electrons. The Kier molecular flexibility index (Phi) is 4.05. The van der Waals surface area contributed by atoms with Gasteiger partial charge in [-0.1, -0.05) is 29.8 Å². The first kappa shape index (κ1) is 16.5. The number of nitrogens with one attached hydrogen (secondary N) is 1. The van der Waals surface area contributed by atoms with Crippen molar-refractivity contribution in [3.05, 3.63) is 69.9 Å². The van der Waals surface area contributed by atoms with Crippen molar-refractivity contribution < 1.29 is 15.0 Å². The lowest BCUT2D eigenvalue weighted by Gasteiger charge is -2.31. The number of aliphatic hydroxyl groups is 1. The molecule has 2 aliphatic rings. The topological polar surface area (TPSA) is 85.2 Å². The van der Waals surface area contributed by atoms with Crippen LogP contribution in [0.4, 0.5) is 11.4 Å². The zero-order chi connectivity index (χ0) is 18.3. The van der Waals surface area contributed by atoms with Crippen LogP contribution in [-0.4, -0.2) is 28.6 Å². The fourth-order valence-electron chi connectivity index (χ4n) is 3.20. The van der Waals surface area contributed by atoms with Gasteiger partial charge < -0.3 is 15.5 Å². The van der Waals surface area contributed by atoms with Crippen molar-refractivity contribution in [3.63, 3.8) is 0 Å². The normalized spacial score (nSPS) is 15.7. The fraction of sp³-hybridized carbons (Fsp3) is 0.158. The fourth-order valence-corrected chi connectivity index (χ4v) is 3.37. The van der Waals surface area contributed by atoms with Crippen molar-refractivity contribution in [3.8, 4) is 0 Å². The number of carboxylic acids is 1. The Morgan fingerprint density at radius 1 is 1.23 bits per heavy atom. The van der Waals surface area contributed by atoms with Crippen LogP contribution in [0.3, 0.4) is 0 Å². The molecule has 0 saturated heterocycles. The number of hydrogen-bond donors (Lipinski definition) is 3. The molecular formula is C19H16ClN3O3. The lowest BCUT2D eigenvalue weighted by Crippen LogP contribution is -2.34. The molecule has 2 aliphatic heterocycles. The number of nitrogens with zero attached hydrogens (tertiary/aromatic N) is 2. The minimum atomic E-state index is -0.867. The van der Waals surface area contributed by atoms with Crippen LogP contribution in [0, 0.1) is 0 Å². The Morgan fingerprint density at radius 2 is 2.00 bits per heavy atom. The van der Waals surface area contributed by atoms with Gasteiger partial charge in [0.15, 0.2) is 0 Å². The maximum absolute atomic E-state index is 10.8. The maximum atomic E-state index is 10.8. The van der Waals surface area contributed by atoms with E-state index in [0.29, 0.717) is 23.7 Å². The van der Waals surface area contributed by atoms with E-state index in [1.54, 1.807) is 17.1 Å². The molecule has 0 amide bonds. The van der Waals surface area contributed by atoms with Crippen LogP contribution in [0.1, 0.15) is 11.1 Å². The third-order valence-corrected chi connectivity index (χ3v) is 4.69. The highest BCUT2D eigenvalue weighted by Gasteiger charge is 2.27. The Hall–Kier alpha value is -2.99. The van der Waals surface area contributed by atoms with E-state index in [9.17, 15) is 9.90 Å². The Labute approximate surface area is 155 Å². The summed E-state index contributed by atoms with van der Waals surface area (Å²) in [6.07, 6.45) is 0.676. The SMILES string of the molecule is O=C(O)Cc1ccc(N2CC3=C(Nc4cc(Cl)ccc4C3)C(O)=N2)cc1. The number of benzene rings is 2. The average molecular weight is 370 g/mol. The van der Waals surface area contributed by atoms with Gasteiger partial charge in [0.1, 0.15) is 5.70 Å². The van der Waals surface area contributed by atoms with E-state index >= 15 is 0 Å². The third-order valence-electron chi connectivity index (χ3n) is 4.46. The van der Waals surface area contributed by atoms with Gasteiger partial charge in [-0.05, 0) is 47.4 Å². The molecule has 4 rings (SSSR count). The van der Waals surface area contributed by atoms with Crippen LogP contribution in [0.15, 0.2) is 58.8 Å². The number of aliphatic carboxylic acids is 1. The summed E-state index contributed by atoms with van der Waals surface area (Å²) >= 11 is 6.04. The highest BCUT2D eigenvalue weighted by Crippen LogP contribution is 2.33. The van der Waals surface area contributed by atoms with E-state index in [1.807, 2.05) is 30.3 Å². The summed E-state index contributed by atoms with van der Waals surface area (Å²) in [6, 6.07) is 12.8. The van der Waals surface area contributed by atoms with E-state index in [2.05, 4.69) is 10.4 Å². The molecule has 132 valence electrons. The van der Waals surface area contributed by atoms with Crippen molar-refractivity contribution >= 4 is 34.8 Å². The second kappa shape index (κ2) is 6.38. The Bertz CT molecular complexity index is 951. The van der Waals surface area contributed by atoms with Gasteiger partial charge in [-0.2, -0.15) is 0 Å². The monoisotopic (exact) mass is 369 g/mol. The number of aliphatic hydroxyl groups excluding tert-OH is 1. The molecule has 7 heteroatoms. The molecule has 0 fully saturated rings. The molecule has 3 N–H and O–H groups in total. The number of carboxylic acid groups (broad SMARTS) is 1. The largest absolute Gasteiger partial charge is 0.491 e. The number of fused-ring (bicyclic) bond motifs is 1. The second-order valence-electron chi connectivity index (χ2n) is 6.30. The second-order valence-corrected chi connectivity index (χ2v) is 6.74. The van der Waals surface area contributed by atoms with Crippen molar-refractivity contribution in [1.29, 1.82) is 0 Å². The van der Waals surface area contributed by atoms with Gasteiger partial charge in [0.25, 0.3) is 5.90 Å². The number of hydrogen-bond acceptors (Lipinski definition) is 4. The minimum Gasteiger partial charge on any atom is -0.491 e. The van der Waals surface area contributed by atoms with Crippen LogP contribution in [0.25, 0.3) is 0 Å². The Morgan fingerprint density at radius 3 is 2.73 bits per heavy atom. The van der Waals surface area contributed by atoms with Crippen LogP contribution in [0.5, 0.6) is 0 Å². The predicted octanol–water partition coefficient (Wildman–Crippen LogP) is 3.58. The van der Waals surface area contributed by atoms with Gasteiger partial charge in [-0.3, -0.25) is 9.80 Å². The molecule has 6 nitrogen and oxygen atoms in total. The molecular weight excluding hydrogens is 354 g/mol. The van der Waals surface area contributed by atoms with Gasteiger partial charge in [-0.15, -0.1) is 5.10 Å². The molecule has 26 heavy (non-hydrogen) atoms. The molecule has 0 bridgehead atoms. The predicted molar refractivity (Wildman–Crippen MR) is 101 cm³/mol. The van der Waals surface area contributed by atoms with E-state index in [-0.39, 0.29) is 12.3 Å². The number of anilines is 2. The summed E-state index contributed by atoms with van der Waals surface area (Å²) in [5.74, 6) is -0.945. The summed E-state index contributed by atoms with van der Waals surface area (Å²) in [6.45, 7) is 0.534. The van der Waals surface area contributed by atoms with E-state index < -0.39 is 5.97 Å². The molecule has 0 spiro atoms. The highest BCUT2D eigenvalue weighted by atomic mass is 35.5. The first-order valence-corrected chi connectivity index (χ1v) is 8.51. The van der Waals surface area contributed by atoms with E-state index in [0.717, 1.165) is 28.1 Å². The summed E-state index contributed by atoms with van der Waals surface area (Å²) < 4.78 is 0. The lowest BCUT2D eigenvalue weighted by atomic mass is 9.96. The zero-order valence-electron chi connectivity index (χ0n) is 13.7. The van der Waals surface area contributed by atoms with E-state index in [1.165, 1.54) is 0 Å². The van der Waals surface area contributed by atoms with Gasteiger partial charge in [0.2, 0.25) is 0 Å². The molecule has 0 aliphatic carbocycles. The molecule has 0 saturated carbocycles. The average Bonchev–Trinajstić information content (AvgIpc) is 2.60. The maximum Gasteiger partial charge on any atom is 0.307 e. The lowest BCUT2D eigenvalue weighted by molar-refractivity contribution is -0.136. The highest BCUT2D eigenvalue weighted by molar-refractivity contribution is 6.31. The quantitative estimate of drug-likeness (QED) is 0.770. The van der Waals surface area contributed by atoms with Crippen LogP contribution < -0.4 is 10.3 Å². The van der Waals surface area contributed by atoms with Crippen LogP contribution >= 0.6 is 11.6 Å². The molecule has 0 atom stereocenters. The van der Waals surface area contributed by atoms with Crippen molar-refractivity contribution in [2.45, 2.75) is 12.8 Å². The first-order valence-electron chi connectivity index (χ1n) is 8.13. The number of carbonyl (C=O) groups is 1. The zero-order valence-corrected chi connectivity index (χ0v) is 14.5. The number of halogens is 1. The van der Waals surface area contributed by atoms with Crippen molar-refractivity contribution in [2.24, 2.45) is 5.10 Å². The minimum absolute atomic E-state index is 0.0205. The summed E-state index contributed by atoms with van der Waals surface area (Å²) in [5.41, 5.74) is 5.15. The van der Waals surface area contributed by atoms with Crippen LogP contribution in [0.2, 0.25) is 5.02 Å². The molecule has 2 aromatic rings. The van der Waals surface area contributed by atoms with Gasteiger partial charge in [-0.25, -0.2) is 0 Å². The number of hydrazone groups is 1. The standard InChI is InChI=1S/C19H16ClN3O3/c20-14-4-3-12-8-13-10-23(22-19(26)18(13)21-16(12)9-14)15-5-1-11(2-6-15)7-17(24)25/h1-6,9,21H,7-8,10H2,(H,22,26)(H,24,25). The summed E-state index contributed by atoms with van der Waals surface area (Å²) in [5, 5.41) is 29.1. The molecule has 0 aromatic heterocycles. The van der Waals surface area contributed by atoms with Crippen molar-refractivity contribution in [2.75, 3.05) is 16.9 Å². The Balaban J connectivity index is 1.58. The summed E-state index contributed by atoms with van der Waals surface area (Å²) in [4.78, 5) is 10.8. The van der Waals surface area contributed by atoms with Crippen LogP contribution in [-0.2, 0) is 17.6 Å². The van der Waals surface area contributed by atoms with Crippen molar-refractivity contribution in [1.82, 2.24) is 0 Å². The van der Waals surface area contributed by atoms with Gasteiger partial charge in [0, 0.05) is 10.7 Å². The smallest absolute Gasteiger partial charge is 0.307 e. The number of rotatable bonds is 3. The summed E-state index contributed by atoms with van der Waals surface area (Å²) in [7, 11) is 0. The van der Waals surface area contributed by atoms with Gasteiger partial charge >= 0.3 is 5.97 Å². The van der Waals surface area contributed by atoms with E-state index in [4.69, 9.17) is 16.7 Å². The first-order chi connectivity index (χ1) is 12.5.